The van der Waals surface area contributed by atoms with Gasteiger partial charge in [0.15, 0.2) is 0 Å². The summed E-state index contributed by atoms with van der Waals surface area (Å²) in [6, 6.07) is 16.4. The average molecular weight is 518 g/mol. The fourth-order valence-electron chi connectivity index (χ4n) is 4.74. The number of carbonyl (C=O) groups is 1. The molecule has 7 heteroatoms. The van der Waals surface area contributed by atoms with E-state index < -0.39 is 0 Å². The number of thioether (sulfide) groups is 1. The summed E-state index contributed by atoms with van der Waals surface area (Å²) < 4.78 is 8.52. The van der Waals surface area contributed by atoms with Crippen molar-refractivity contribution in [1.82, 2.24) is 14.7 Å². The predicted molar refractivity (Wildman–Crippen MR) is 151 cm³/mol. The zero-order valence-electron chi connectivity index (χ0n) is 20.9. The molecule has 5 rings (SSSR count). The smallest absolute Gasteiger partial charge is 0.266 e. The van der Waals surface area contributed by atoms with Crippen LogP contribution in [0.3, 0.4) is 0 Å². The first-order valence-electron chi connectivity index (χ1n) is 12.6. The molecule has 0 radical (unpaired) electrons. The number of carbonyl (C=O) groups excluding carboxylic acids is 1. The molecule has 0 unspecified atom stereocenters. The van der Waals surface area contributed by atoms with Gasteiger partial charge in [-0.2, -0.15) is 5.10 Å². The lowest BCUT2D eigenvalue weighted by Crippen LogP contribution is -2.36. The van der Waals surface area contributed by atoms with Crippen LogP contribution in [0.4, 0.5) is 0 Å². The Morgan fingerprint density at radius 3 is 2.61 bits per heavy atom. The number of aromatic nitrogens is 2. The van der Waals surface area contributed by atoms with Gasteiger partial charge in [-0.1, -0.05) is 68.9 Å². The summed E-state index contributed by atoms with van der Waals surface area (Å²) in [5.41, 5.74) is 4.72. The van der Waals surface area contributed by atoms with Crippen LogP contribution in [0.2, 0.25) is 0 Å². The lowest BCUT2D eigenvalue weighted by Gasteiger charge is -2.21. The molecule has 1 saturated heterocycles. The maximum atomic E-state index is 13.4. The molecule has 1 saturated carbocycles. The SMILES string of the molecule is Cc1cc(-c2nn(-c3ccccc3)cc2/C=C2\SC(=S)N(C3CCCC3)C2=O)ccc1OCC(C)C. The minimum Gasteiger partial charge on any atom is -0.493 e. The average Bonchev–Trinajstić information content (AvgIpc) is 3.59. The Bertz CT molecular complexity index is 1310. The van der Waals surface area contributed by atoms with Crippen molar-refractivity contribution in [2.24, 2.45) is 5.92 Å². The molecule has 5 nitrogen and oxygen atoms in total. The molecule has 1 aliphatic carbocycles. The Balaban J connectivity index is 1.53. The Labute approximate surface area is 222 Å². The number of ether oxygens (including phenoxy) is 1. The summed E-state index contributed by atoms with van der Waals surface area (Å²) in [4.78, 5) is 15.9. The molecule has 0 N–H and O–H groups in total. The second-order valence-electron chi connectivity index (χ2n) is 9.89. The van der Waals surface area contributed by atoms with Gasteiger partial charge in [0, 0.05) is 23.4 Å². The Morgan fingerprint density at radius 2 is 1.92 bits per heavy atom. The van der Waals surface area contributed by atoms with Crippen molar-refractivity contribution in [3.05, 3.63) is 70.8 Å². The summed E-state index contributed by atoms with van der Waals surface area (Å²) >= 11 is 7.02. The zero-order valence-corrected chi connectivity index (χ0v) is 22.6. The van der Waals surface area contributed by atoms with Gasteiger partial charge in [0.2, 0.25) is 0 Å². The third-order valence-electron chi connectivity index (χ3n) is 6.58. The molecule has 1 aliphatic heterocycles. The number of thiocarbonyl (C=S) groups is 1. The van der Waals surface area contributed by atoms with E-state index in [9.17, 15) is 4.79 Å². The largest absolute Gasteiger partial charge is 0.493 e. The van der Waals surface area contributed by atoms with Gasteiger partial charge in [-0.15, -0.1) is 0 Å². The minimum atomic E-state index is 0.0175. The van der Waals surface area contributed by atoms with Crippen LogP contribution < -0.4 is 4.74 Å². The van der Waals surface area contributed by atoms with Gasteiger partial charge in [-0.3, -0.25) is 9.69 Å². The molecule has 0 spiro atoms. The fourth-order valence-corrected chi connectivity index (χ4v) is 6.13. The van der Waals surface area contributed by atoms with E-state index in [1.807, 2.05) is 64.3 Å². The van der Waals surface area contributed by atoms with Crippen LogP contribution in [-0.4, -0.2) is 37.6 Å². The van der Waals surface area contributed by atoms with Crippen molar-refractivity contribution in [3.8, 4) is 22.7 Å². The molecular formula is C29H31N3O2S2. The monoisotopic (exact) mass is 517 g/mol. The van der Waals surface area contributed by atoms with Crippen LogP contribution >= 0.6 is 24.0 Å². The molecule has 0 bridgehead atoms. The van der Waals surface area contributed by atoms with E-state index in [2.05, 4.69) is 26.8 Å². The van der Waals surface area contributed by atoms with Crippen LogP contribution in [0.25, 0.3) is 23.0 Å². The molecule has 1 aromatic heterocycles. The molecule has 2 aromatic carbocycles. The third kappa shape index (κ3) is 5.13. The molecule has 2 aliphatic rings. The molecule has 3 aromatic rings. The van der Waals surface area contributed by atoms with E-state index in [0.29, 0.717) is 21.8 Å². The number of aryl methyl sites for hydroxylation is 1. The third-order valence-corrected chi connectivity index (χ3v) is 7.91. The van der Waals surface area contributed by atoms with Gasteiger partial charge in [0.05, 0.1) is 17.2 Å². The number of nitrogens with zero attached hydrogens (tertiary/aromatic N) is 3. The van der Waals surface area contributed by atoms with Crippen LogP contribution in [0.5, 0.6) is 5.75 Å². The van der Waals surface area contributed by atoms with Gasteiger partial charge in [-0.05, 0) is 67.7 Å². The van der Waals surface area contributed by atoms with Crippen LogP contribution in [0.1, 0.15) is 50.7 Å². The summed E-state index contributed by atoms with van der Waals surface area (Å²) in [7, 11) is 0. The summed E-state index contributed by atoms with van der Waals surface area (Å²) in [5.74, 6) is 1.36. The first-order chi connectivity index (χ1) is 17.4. The number of amides is 1. The number of hydrogen-bond donors (Lipinski definition) is 0. The normalized spacial score (nSPS) is 17.7. The first-order valence-corrected chi connectivity index (χ1v) is 13.8. The maximum absolute atomic E-state index is 13.4. The lowest BCUT2D eigenvalue weighted by atomic mass is 10.0. The molecule has 0 atom stereocenters. The second kappa shape index (κ2) is 10.6. The van der Waals surface area contributed by atoms with Gasteiger partial charge in [0.1, 0.15) is 15.8 Å². The van der Waals surface area contributed by atoms with Gasteiger partial charge in [-0.25, -0.2) is 4.68 Å². The summed E-state index contributed by atoms with van der Waals surface area (Å²) in [5, 5.41) is 4.94. The van der Waals surface area contributed by atoms with Crippen LogP contribution in [0.15, 0.2) is 59.6 Å². The highest BCUT2D eigenvalue weighted by Gasteiger charge is 2.38. The van der Waals surface area contributed by atoms with E-state index in [1.165, 1.54) is 11.8 Å². The highest BCUT2D eigenvalue weighted by molar-refractivity contribution is 8.26. The van der Waals surface area contributed by atoms with Crippen molar-refractivity contribution in [2.75, 3.05) is 6.61 Å². The quantitative estimate of drug-likeness (QED) is 0.249. The predicted octanol–water partition coefficient (Wildman–Crippen LogP) is 7.03. The van der Waals surface area contributed by atoms with E-state index in [-0.39, 0.29) is 11.9 Å². The van der Waals surface area contributed by atoms with Crippen molar-refractivity contribution >= 4 is 40.3 Å². The molecule has 2 heterocycles. The first kappa shape index (κ1) is 24.8. The van der Waals surface area contributed by atoms with Gasteiger partial charge in [0.25, 0.3) is 5.91 Å². The second-order valence-corrected chi connectivity index (χ2v) is 11.6. The van der Waals surface area contributed by atoms with Gasteiger partial charge < -0.3 is 4.74 Å². The molecular weight excluding hydrogens is 486 g/mol. The molecule has 186 valence electrons. The Morgan fingerprint density at radius 1 is 1.17 bits per heavy atom. The standard InChI is InChI=1S/C29H31N3O2S2/c1-19(2)18-34-25-14-13-21(15-20(25)3)27-22(17-31(30-27)23-9-5-4-6-10-23)16-26-28(33)32(29(35)36-26)24-11-7-8-12-24/h4-6,9-10,13-17,19,24H,7-8,11-12,18H2,1-3H3/b26-16-. The maximum Gasteiger partial charge on any atom is 0.266 e. The molecule has 36 heavy (non-hydrogen) atoms. The Hall–Kier alpha value is -2.90. The van der Waals surface area contributed by atoms with Gasteiger partial charge >= 0.3 is 0 Å². The topological polar surface area (TPSA) is 47.4 Å². The fraction of sp³-hybridized carbons (Fsp3) is 0.345. The zero-order chi connectivity index (χ0) is 25.2. The molecule has 2 fully saturated rings. The van der Waals surface area contributed by atoms with E-state index in [0.717, 1.165) is 59.5 Å². The van der Waals surface area contributed by atoms with E-state index in [1.54, 1.807) is 0 Å². The number of hydrogen-bond acceptors (Lipinski definition) is 5. The lowest BCUT2D eigenvalue weighted by molar-refractivity contribution is -0.123. The van der Waals surface area contributed by atoms with Crippen LogP contribution in [-0.2, 0) is 4.79 Å². The van der Waals surface area contributed by atoms with Crippen molar-refractivity contribution in [3.63, 3.8) is 0 Å². The highest BCUT2D eigenvalue weighted by Crippen LogP contribution is 2.39. The summed E-state index contributed by atoms with van der Waals surface area (Å²) in [6.45, 7) is 7.01. The van der Waals surface area contributed by atoms with Crippen molar-refractivity contribution in [1.29, 1.82) is 0 Å². The number of para-hydroxylation sites is 1. The summed E-state index contributed by atoms with van der Waals surface area (Å²) in [6.07, 6.45) is 8.32. The van der Waals surface area contributed by atoms with Crippen LogP contribution in [0, 0.1) is 12.8 Å². The number of benzene rings is 2. The highest BCUT2D eigenvalue weighted by atomic mass is 32.2. The minimum absolute atomic E-state index is 0.0175. The Kier molecular flexibility index (Phi) is 7.30. The number of rotatable bonds is 7. The van der Waals surface area contributed by atoms with E-state index >= 15 is 0 Å². The van der Waals surface area contributed by atoms with E-state index in [4.69, 9.17) is 22.1 Å². The molecule has 1 amide bonds. The van der Waals surface area contributed by atoms with Crippen molar-refractivity contribution in [2.45, 2.75) is 52.5 Å². The van der Waals surface area contributed by atoms with Crippen molar-refractivity contribution < 1.29 is 9.53 Å².